The van der Waals surface area contributed by atoms with Crippen molar-refractivity contribution in [2.75, 3.05) is 25.0 Å². The number of anilines is 1. The van der Waals surface area contributed by atoms with Crippen molar-refractivity contribution < 1.29 is 24.2 Å². The van der Waals surface area contributed by atoms with E-state index in [-0.39, 0.29) is 18.1 Å². The van der Waals surface area contributed by atoms with Crippen molar-refractivity contribution in [2.24, 2.45) is 0 Å². The minimum atomic E-state index is -1.03. The fourth-order valence-electron chi connectivity index (χ4n) is 4.43. The molecule has 4 aromatic carbocycles. The lowest BCUT2D eigenvalue weighted by molar-refractivity contribution is -0.137. The van der Waals surface area contributed by atoms with Crippen LogP contribution in [0.5, 0.6) is 5.75 Å². The number of nitrogens with zero attached hydrogens (tertiary/aromatic N) is 1. The third-order valence-corrected chi connectivity index (χ3v) is 6.74. The van der Waals surface area contributed by atoms with Gasteiger partial charge in [-0.3, -0.25) is 9.59 Å². The molecule has 214 valence electrons. The number of likely N-dealkylation sites (N-methyl/N-ethyl adjacent to an activating group) is 1. The number of aliphatic carboxylic acids is 1. The zero-order chi connectivity index (χ0) is 29.7. The predicted molar refractivity (Wildman–Crippen MR) is 165 cm³/mol. The maximum Gasteiger partial charge on any atom is 0.326 e. The molecule has 0 aliphatic carbocycles. The first-order valence-electron chi connectivity index (χ1n) is 13.9. The Morgan fingerprint density at radius 2 is 1.50 bits per heavy atom. The number of rotatable bonds is 14. The van der Waals surface area contributed by atoms with Crippen LogP contribution in [0.2, 0.25) is 0 Å². The zero-order valence-corrected chi connectivity index (χ0v) is 23.5. The molecule has 0 aliphatic heterocycles. The van der Waals surface area contributed by atoms with Crippen LogP contribution >= 0.6 is 0 Å². The molecule has 0 radical (unpaired) electrons. The third-order valence-electron chi connectivity index (χ3n) is 6.74. The van der Waals surface area contributed by atoms with Crippen LogP contribution < -0.4 is 10.1 Å². The molecule has 7 nitrogen and oxygen atoms in total. The monoisotopic (exact) mass is 562 g/mol. The SMILES string of the molecule is CCN(CCOc1ccc(C[C@H](Nc2ccccc2C(=O)c2ccccc2)C(=O)O)cc1)C(=O)C=Cc1ccccc1. The summed E-state index contributed by atoms with van der Waals surface area (Å²) in [7, 11) is 0. The maximum atomic E-state index is 13.1. The number of para-hydroxylation sites is 1. The van der Waals surface area contributed by atoms with Crippen LogP contribution in [-0.2, 0) is 16.0 Å². The highest BCUT2D eigenvalue weighted by Gasteiger charge is 2.21. The van der Waals surface area contributed by atoms with Gasteiger partial charge in [0.1, 0.15) is 18.4 Å². The highest BCUT2D eigenvalue weighted by atomic mass is 16.5. The van der Waals surface area contributed by atoms with Crippen molar-refractivity contribution >= 4 is 29.4 Å². The Kier molecular flexibility index (Phi) is 10.6. The fraction of sp³-hybridized carbons (Fsp3) is 0.171. The van der Waals surface area contributed by atoms with E-state index in [9.17, 15) is 19.5 Å². The van der Waals surface area contributed by atoms with E-state index in [0.29, 0.717) is 42.3 Å². The van der Waals surface area contributed by atoms with Crippen LogP contribution in [0.25, 0.3) is 6.08 Å². The Morgan fingerprint density at radius 1 is 0.857 bits per heavy atom. The van der Waals surface area contributed by atoms with Crippen LogP contribution in [-0.4, -0.2) is 53.4 Å². The lowest BCUT2D eigenvalue weighted by Gasteiger charge is -2.20. The number of ketones is 1. The van der Waals surface area contributed by atoms with Gasteiger partial charge in [0.05, 0.1) is 6.54 Å². The van der Waals surface area contributed by atoms with Gasteiger partial charge in [-0.15, -0.1) is 0 Å². The lowest BCUT2D eigenvalue weighted by Crippen LogP contribution is -2.33. The summed E-state index contributed by atoms with van der Waals surface area (Å²) in [4.78, 5) is 39.5. The molecule has 0 unspecified atom stereocenters. The van der Waals surface area contributed by atoms with Gasteiger partial charge < -0.3 is 20.1 Å². The first-order chi connectivity index (χ1) is 20.4. The molecular weight excluding hydrogens is 528 g/mol. The molecule has 0 fully saturated rings. The van der Waals surface area contributed by atoms with E-state index in [4.69, 9.17) is 4.74 Å². The average molecular weight is 563 g/mol. The van der Waals surface area contributed by atoms with E-state index in [2.05, 4.69) is 5.32 Å². The molecule has 0 saturated heterocycles. The van der Waals surface area contributed by atoms with E-state index in [1.54, 1.807) is 77.7 Å². The molecule has 0 spiro atoms. The molecule has 1 atom stereocenters. The summed E-state index contributed by atoms with van der Waals surface area (Å²) in [5, 5.41) is 13.0. The number of hydrogen-bond donors (Lipinski definition) is 2. The number of amides is 1. The highest BCUT2D eigenvalue weighted by molar-refractivity contribution is 6.12. The molecule has 0 aliphatic rings. The molecule has 2 N–H and O–H groups in total. The van der Waals surface area contributed by atoms with Crippen molar-refractivity contribution in [3.8, 4) is 5.75 Å². The van der Waals surface area contributed by atoms with Gasteiger partial charge in [0.15, 0.2) is 5.78 Å². The number of benzene rings is 4. The Balaban J connectivity index is 1.33. The average Bonchev–Trinajstić information content (AvgIpc) is 3.03. The third kappa shape index (κ3) is 8.41. The highest BCUT2D eigenvalue weighted by Crippen LogP contribution is 2.22. The Hall–Kier alpha value is -5.17. The topological polar surface area (TPSA) is 95.9 Å². The maximum absolute atomic E-state index is 13.1. The van der Waals surface area contributed by atoms with Crippen LogP contribution in [0.15, 0.2) is 115 Å². The summed E-state index contributed by atoms with van der Waals surface area (Å²) < 4.78 is 5.85. The molecular formula is C35H34N2O5. The normalized spacial score (nSPS) is 11.5. The van der Waals surface area contributed by atoms with Gasteiger partial charge in [0.25, 0.3) is 0 Å². The van der Waals surface area contributed by atoms with Crippen molar-refractivity contribution in [3.63, 3.8) is 0 Å². The van der Waals surface area contributed by atoms with Crippen LogP contribution in [0, 0.1) is 0 Å². The van der Waals surface area contributed by atoms with Gasteiger partial charge in [-0.25, -0.2) is 4.79 Å². The zero-order valence-electron chi connectivity index (χ0n) is 23.5. The summed E-state index contributed by atoms with van der Waals surface area (Å²) in [5.74, 6) is -0.664. The van der Waals surface area contributed by atoms with E-state index in [0.717, 1.165) is 11.1 Å². The van der Waals surface area contributed by atoms with Gasteiger partial charge in [-0.1, -0.05) is 84.9 Å². The second kappa shape index (κ2) is 15.0. The number of hydrogen-bond acceptors (Lipinski definition) is 5. The van der Waals surface area contributed by atoms with Crippen LogP contribution in [0.1, 0.15) is 34.0 Å². The Morgan fingerprint density at radius 3 is 2.17 bits per heavy atom. The minimum absolute atomic E-state index is 0.0837. The molecule has 0 aromatic heterocycles. The number of nitrogens with one attached hydrogen (secondary N) is 1. The van der Waals surface area contributed by atoms with Gasteiger partial charge in [0, 0.05) is 35.9 Å². The number of carbonyl (C=O) groups is 3. The van der Waals surface area contributed by atoms with E-state index >= 15 is 0 Å². The largest absolute Gasteiger partial charge is 0.492 e. The molecule has 7 heteroatoms. The molecule has 1 amide bonds. The van der Waals surface area contributed by atoms with Crippen LogP contribution in [0.3, 0.4) is 0 Å². The van der Waals surface area contributed by atoms with Crippen LogP contribution in [0.4, 0.5) is 5.69 Å². The summed E-state index contributed by atoms with van der Waals surface area (Å²) in [6, 6.07) is 31.7. The number of ether oxygens (including phenoxy) is 1. The molecule has 0 bridgehead atoms. The summed E-state index contributed by atoms with van der Waals surface area (Å²) in [6.45, 7) is 3.24. The van der Waals surface area contributed by atoms with E-state index in [1.165, 1.54) is 0 Å². The first-order valence-corrected chi connectivity index (χ1v) is 13.9. The Bertz CT molecular complexity index is 1500. The number of carboxylic acids is 1. The molecule has 0 heterocycles. The van der Waals surface area contributed by atoms with E-state index in [1.807, 2.05) is 55.5 Å². The second-order valence-corrected chi connectivity index (χ2v) is 9.63. The van der Waals surface area contributed by atoms with Crippen molar-refractivity contribution in [2.45, 2.75) is 19.4 Å². The summed E-state index contributed by atoms with van der Waals surface area (Å²) >= 11 is 0. The van der Waals surface area contributed by atoms with Gasteiger partial charge in [-0.05, 0) is 48.4 Å². The van der Waals surface area contributed by atoms with Crippen molar-refractivity contribution in [1.82, 2.24) is 4.90 Å². The quantitative estimate of drug-likeness (QED) is 0.145. The smallest absolute Gasteiger partial charge is 0.326 e. The Labute approximate surface area is 246 Å². The first kappa shape index (κ1) is 29.8. The molecule has 42 heavy (non-hydrogen) atoms. The van der Waals surface area contributed by atoms with Gasteiger partial charge in [-0.2, -0.15) is 0 Å². The number of carbonyl (C=O) groups excluding carboxylic acids is 2. The van der Waals surface area contributed by atoms with Gasteiger partial charge >= 0.3 is 5.97 Å². The van der Waals surface area contributed by atoms with Crippen molar-refractivity contribution in [3.05, 3.63) is 138 Å². The predicted octanol–water partition coefficient (Wildman–Crippen LogP) is 5.97. The molecule has 4 rings (SSSR count). The summed E-state index contributed by atoms with van der Waals surface area (Å²) in [6.07, 6.45) is 3.56. The second-order valence-electron chi connectivity index (χ2n) is 9.63. The number of carboxylic acid groups (broad SMARTS) is 1. The minimum Gasteiger partial charge on any atom is -0.492 e. The molecule has 4 aromatic rings. The lowest BCUT2D eigenvalue weighted by atomic mass is 10.00. The fourth-order valence-corrected chi connectivity index (χ4v) is 4.43. The summed E-state index contributed by atoms with van der Waals surface area (Å²) in [5.41, 5.74) is 3.17. The van der Waals surface area contributed by atoms with E-state index < -0.39 is 12.0 Å². The standard InChI is InChI=1S/C35H34N2O5/c1-2-37(33(38)22-19-26-11-5-3-6-12-26)23-24-42-29-20-17-27(18-21-29)25-32(35(40)41)36-31-16-10-9-15-30(31)34(39)28-13-7-4-8-14-28/h3-22,32,36H,2,23-25H2,1H3,(H,40,41)/t32-/m0/s1. The van der Waals surface area contributed by atoms with Gasteiger partial charge in [0.2, 0.25) is 5.91 Å². The molecule has 0 saturated carbocycles. The van der Waals surface area contributed by atoms with Crippen molar-refractivity contribution in [1.29, 1.82) is 0 Å².